The van der Waals surface area contributed by atoms with Gasteiger partial charge in [0.15, 0.2) is 0 Å². The topological polar surface area (TPSA) is 70.1 Å². The van der Waals surface area contributed by atoms with E-state index >= 15 is 0 Å². The van der Waals surface area contributed by atoms with Crippen LogP contribution in [0.1, 0.15) is 24.0 Å². The summed E-state index contributed by atoms with van der Waals surface area (Å²) in [7, 11) is 0. The van der Waals surface area contributed by atoms with Crippen LogP contribution in [0.3, 0.4) is 0 Å². The molecule has 0 aliphatic rings. The third kappa shape index (κ3) is 6.63. The van der Waals surface area contributed by atoms with Gasteiger partial charge in [0.05, 0.1) is 10.0 Å². The van der Waals surface area contributed by atoms with Crippen molar-refractivity contribution in [2.75, 3.05) is 17.2 Å². The minimum absolute atomic E-state index is 0.00187. The highest BCUT2D eigenvalue weighted by Gasteiger charge is 2.35. The Labute approximate surface area is 187 Å². The summed E-state index contributed by atoms with van der Waals surface area (Å²) in [4.78, 5) is 7.76. The molecule has 0 amide bonds. The third-order valence-electron chi connectivity index (χ3n) is 4.39. The maximum atomic E-state index is 13.3. The van der Waals surface area contributed by atoms with Gasteiger partial charge in [-0.2, -0.15) is 18.2 Å². The number of rotatable bonds is 8. The molecule has 0 unspecified atom stereocenters. The summed E-state index contributed by atoms with van der Waals surface area (Å²) in [6, 6.07) is 11.5. The van der Waals surface area contributed by atoms with Gasteiger partial charge < -0.3 is 15.7 Å². The number of aromatic hydroxyl groups is 1. The molecule has 1 heterocycles. The van der Waals surface area contributed by atoms with Crippen LogP contribution in [0.4, 0.5) is 30.6 Å². The van der Waals surface area contributed by atoms with Crippen LogP contribution in [0.25, 0.3) is 0 Å². The molecule has 0 atom stereocenters. The second-order valence-corrected chi connectivity index (χ2v) is 7.57. The zero-order valence-corrected chi connectivity index (χ0v) is 17.7. The number of phenols is 1. The normalized spacial score (nSPS) is 11.4. The number of halogens is 5. The van der Waals surface area contributed by atoms with Crippen molar-refractivity contribution >= 4 is 40.7 Å². The molecule has 3 rings (SSSR count). The highest BCUT2D eigenvalue weighted by molar-refractivity contribution is 6.42. The Kier molecular flexibility index (Phi) is 7.46. The molecule has 0 fully saturated rings. The monoisotopic (exact) mass is 470 g/mol. The number of nitrogens with zero attached hydrogens (tertiary/aromatic N) is 2. The van der Waals surface area contributed by atoms with E-state index in [0.29, 0.717) is 28.7 Å². The van der Waals surface area contributed by atoms with Crippen molar-refractivity contribution in [1.82, 2.24) is 9.97 Å². The van der Waals surface area contributed by atoms with E-state index in [1.165, 1.54) is 6.07 Å². The van der Waals surface area contributed by atoms with Gasteiger partial charge in [0.2, 0.25) is 5.95 Å². The average Bonchev–Trinajstić information content (AvgIpc) is 2.71. The third-order valence-corrected chi connectivity index (χ3v) is 5.13. The Morgan fingerprint density at radius 2 is 1.71 bits per heavy atom. The molecule has 3 N–H and O–H groups in total. The quantitative estimate of drug-likeness (QED) is 0.320. The van der Waals surface area contributed by atoms with Crippen molar-refractivity contribution < 1.29 is 18.3 Å². The molecule has 1 aromatic heterocycles. The predicted molar refractivity (Wildman–Crippen MR) is 116 cm³/mol. The minimum Gasteiger partial charge on any atom is -0.508 e. The summed E-state index contributed by atoms with van der Waals surface area (Å²) in [6.45, 7) is 0.310. The second-order valence-electron chi connectivity index (χ2n) is 6.76. The zero-order valence-electron chi connectivity index (χ0n) is 16.2. The van der Waals surface area contributed by atoms with Gasteiger partial charge in [0.25, 0.3) is 0 Å². The molecule has 10 heteroatoms. The molecular weight excluding hydrogens is 452 g/mol. The molecule has 3 aromatic rings. The SMILES string of the molecule is Oc1ccc(CCCCNc2nc(Nc3ccc(Cl)c(Cl)c3)ncc2C(F)(F)F)cc1. The van der Waals surface area contributed by atoms with Crippen molar-refractivity contribution in [2.45, 2.75) is 25.4 Å². The number of phenolic OH excluding ortho intramolecular Hbond substituents is 1. The van der Waals surface area contributed by atoms with Crippen molar-refractivity contribution in [3.05, 3.63) is 69.8 Å². The Balaban J connectivity index is 1.64. The van der Waals surface area contributed by atoms with E-state index < -0.39 is 11.7 Å². The molecule has 31 heavy (non-hydrogen) atoms. The van der Waals surface area contributed by atoms with Crippen molar-refractivity contribution in [2.24, 2.45) is 0 Å². The average molecular weight is 471 g/mol. The Morgan fingerprint density at radius 1 is 0.968 bits per heavy atom. The first-order chi connectivity index (χ1) is 14.7. The molecule has 5 nitrogen and oxygen atoms in total. The summed E-state index contributed by atoms with van der Waals surface area (Å²) in [5.74, 6) is -0.105. The molecule has 0 aliphatic heterocycles. The van der Waals surface area contributed by atoms with Crippen molar-refractivity contribution in [3.63, 3.8) is 0 Å². The van der Waals surface area contributed by atoms with Gasteiger partial charge in [-0.15, -0.1) is 0 Å². The van der Waals surface area contributed by atoms with Crippen LogP contribution in [-0.4, -0.2) is 21.6 Å². The van der Waals surface area contributed by atoms with Gasteiger partial charge in [-0.1, -0.05) is 35.3 Å². The van der Waals surface area contributed by atoms with E-state index in [0.717, 1.165) is 24.6 Å². The first kappa shape index (κ1) is 23.0. The number of aryl methyl sites for hydroxylation is 1. The van der Waals surface area contributed by atoms with Crippen LogP contribution in [-0.2, 0) is 12.6 Å². The number of aromatic nitrogens is 2. The highest BCUT2D eigenvalue weighted by atomic mass is 35.5. The number of hydrogen-bond donors (Lipinski definition) is 3. The predicted octanol–water partition coefficient (Wildman–Crippen LogP) is 6.69. The van der Waals surface area contributed by atoms with Crippen molar-refractivity contribution in [3.8, 4) is 5.75 Å². The maximum absolute atomic E-state index is 13.3. The number of alkyl halides is 3. The fourth-order valence-corrected chi connectivity index (χ4v) is 3.11. The highest BCUT2D eigenvalue weighted by Crippen LogP contribution is 2.34. The van der Waals surface area contributed by atoms with Gasteiger partial charge in [0.1, 0.15) is 17.1 Å². The molecule has 0 radical (unpaired) electrons. The molecule has 0 saturated heterocycles. The Morgan fingerprint density at radius 3 is 2.39 bits per heavy atom. The first-order valence-electron chi connectivity index (χ1n) is 9.40. The smallest absolute Gasteiger partial charge is 0.421 e. The number of unbranched alkanes of at least 4 members (excludes halogenated alkanes) is 1. The number of benzene rings is 2. The summed E-state index contributed by atoms with van der Waals surface area (Å²) in [5.41, 5.74) is 0.601. The number of nitrogens with one attached hydrogen (secondary N) is 2. The molecule has 0 spiro atoms. The number of hydrogen-bond acceptors (Lipinski definition) is 5. The number of anilines is 3. The minimum atomic E-state index is -4.59. The van der Waals surface area contributed by atoms with Crippen LogP contribution in [0.5, 0.6) is 5.75 Å². The van der Waals surface area contributed by atoms with Crippen LogP contribution in [0, 0.1) is 0 Å². The molecule has 0 aliphatic carbocycles. The van der Waals surface area contributed by atoms with Crippen LogP contribution in [0.2, 0.25) is 10.0 Å². The van der Waals surface area contributed by atoms with E-state index in [-0.39, 0.29) is 17.5 Å². The first-order valence-corrected chi connectivity index (χ1v) is 10.2. The molecule has 164 valence electrons. The van der Waals surface area contributed by atoms with E-state index in [1.807, 2.05) is 12.1 Å². The fourth-order valence-electron chi connectivity index (χ4n) is 2.81. The van der Waals surface area contributed by atoms with Crippen LogP contribution in [0.15, 0.2) is 48.7 Å². The van der Waals surface area contributed by atoms with E-state index in [2.05, 4.69) is 20.6 Å². The Hall–Kier alpha value is -2.71. The summed E-state index contributed by atoms with van der Waals surface area (Å²) < 4.78 is 40.0. The fraction of sp³-hybridized carbons (Fsp3) is 0.238. The summed E-state index contributed by atoms with van der Waals surface area (Å²) >= 11 is 11.8. The van der Waals surface area contributed by atoms with Gasteiger partial charge >= 0.3 is 6.18 Å². The van der Waals surface area contributed by atoms with Gasteiger partial charge in [-0.3, -0.25) is 0 Å². The lowest BCUT2D eigenvalue weighted by molar-refractivity contribution is -0.137. The molecule has 2 aromatic carbocycles. The summed E-state index contributed by atoms with van der Waals surface area (Å²) in [5, 5.41) is 15.5. The van der Waals surface area contributed by atoms with Crippen LogP contribution >= 0.6 is 23.2 Å². The van der Waals surface area contributed by atoms with Gasteiger partial charge in [0, 0.05) is 18.4 Å². The van der Waals surface area contributed by atoms with Crippen LogP contribution < -0.4 is 10.6 Å². The van der Waals surface area contributed by atoms with E-state index in [4.69, 9.17) is 23.2 Å². The van der Waals surface area contributed by atoms with Crippen molar-refractivity contribution in [1.29, 1.82) is 0 Å². The lowest BCUT2D eigenvalue weighted by atomic mass is 10.1. The van der Waals surface area contributed by atoms with Gasteiger partial charge in [-0.25, -0.2) is 4.98 Å². The second kappa shape index (κ2) is 10.1. The van der Waals surface area contributed by atoms with Gasteiger partial charge in [-0.05, 0) is 55.2 Å². The molecule has 0 saturated carbocycles. The standard InChI is InChI=1S/C21H19Cl2F3N4O/c22-17-9-6-14(11-18(17)23)29-20-28-12-16(21(24,25)26)19(30-20)27-10-2-1-3-13-4-7-15(31)8-5-13/h4-9,11-12,31H,1-3,10H2,(H2,27,28,29,30). The molecular formula is C21H19Cl2F3N4O. The van der Waals surface area contributed by atoms with E-state index in [1.54, 1.807) is 24.3 Å². The maximum Gasteiger partial charge on any atom is 0.421 e. The Bertz CT molecular complexity index is 1030. The lowest BCUT2D eigenvalue weighted by Gasteiger charge is -2.15. The van der Waals surface area contributed by atoms with E-state index in [9.17, 15) is 18.3 Å². The zero-order chi connectivity index (χ0) is 22.4. The summed E-state index contributed by atoms with van der Waals surface area (Å²) in [6.07, 6.45) is -1.69. The largest absolute Gasteiger partial charge is 0.508 e. The lowest BCUT2D eigenvalue weighted by Crippen LogP contribution is -2.15. The molecule has 0 bridgehead atoms.